The first-order valence-corrected chi connectivity index (χ1v) is 8.16. The molecule has 0 bridgehead atoms. The van der Waals surface area contributed by atoms with Crippen LogP contribution in [0.15, 0.2) is 0 Å². The monoisotopic (exact) mass is 468 g/mol. The number of esters is 2. The second-order valence-corrected chi connectivity index (χ2v) is 6.56. The summed E-state index contributed by atoms with van der Waals surface area (Å²) in [5.41, 5.74) is -6.39. The lowest BCUT2D eigenvalue weighted by Gasteiger charge is -2.52. The highest BCUT2D eigenvalue weighted by Gasteiger charge is 3.01. The first kappa shape index (κ1) is 26.2. The summed E-state index contributed by atoms with van der Waals surface area (Å²) in [5.74, 6) is -39.4. The van der Waals surface area contributed by atoms with Gasteiger partial charge in [-0.2, -0.15) is 43.9 Å². The average molecular weight is 468 g/mol. The summed E-state index contributed by atoms with van der Waals surface area (Å²) in [6.45, 7) is -0.942. The summed E-state index contributed by atoms with van der Waals surface area (Å²) in [6, 6.07) is 0. The average Bonchev–Trinajstić information content (AvgIpc) is 2.63. The number of hydrogen-bond acceptors (Lipinski definition) is 4. The fourth-order valence-electron chi connectivity index (χ4n) is 2.26. The number of carbonyl (C=O) groups is 2. The summed E-state index contributed by atoms with van der Waals surface area (Å²) >= 11 is 0. The Bertz CT molecular complexity index is 647. The first-order chi connectivity index (χ1) is 13.3. The molecule has 1 rings (SSSR count). The van der Waals surface area contributed by atoms with Crippen LogP contribution in [0.2, 0.25) is 0 Å². The van der Waals surface area contributed by atoms with E-state index in [1.807, 2.05) is 0 Å². The lowest BCUT2D eigenvalue weighted by atomic mass is 9.72. The van der Waals surface area contributed by atoms with Gasteiger partial charge in [-0.05, 0) is 6.42 Å². The molecule has 0 spiro atoms. The van der Waals surface area contributed by atoms with E-state index in [0.29, 0.717) is 6.42 Å². The van der Waals surface area contributed by atoms with Crippen molar-refractivity contribution in [1.29, 1.82) is 0 Å². The van der Waals surface area contributed by atoms with Gasteiger partial charge in [0.15, 0.2) is 0 Å². The molecular weight excluding hydrogens is 453 g/mol. The second-order valence-electron chi connectivity index (χ2n) is 6.56. The maximum absolute atomic E-state index is 14.3. The fraction of sp³-hybridized carbons (Fsp3) is 0.867. The molecule has 1 saturated carbocycles. The molecule has 0 amide bonds. The normalized spacial score (nSPS) is 25.8. The Hall–Kier alpha value is -1.83. The van der Waals surface area contributed by atoms with Gasteiger partial charge in [0.25, 0.3) is 5.67 Å². The maximum Gasteiger partial charge on any atom is 0.384 e. The van der Waals surface area contributed by atoms with Crippen LogP contribution >= 0.6 is 0 Å². The van der Waals surface area contributed by atoms with Gasteiger partial charge >= 0.3 is 41.6 Å². The predicted octanol–water partition coefficient (Wildman–Crippen LogP) is 4.41. The van der Waals surface area contributed by atoms with Gasteiger partial charge < -0.3 is 9.47 Å². The molecule has 0 aliphatic heterocycles. The van der Waals surface area contributed by atoms with Crippen LogP contribution in [0, 0.1) is 5.92 Å². The van der Waals surface area contributed by atoms with Crippen LogP contribution in [0.5, 0.6) is 0 Å². The van der Waals surface area contributed by atoms with Crippen molar-refractivity contribution in [2.24, 2.45) is 5.92 Å². The molecule has 1 unspecified atom stereocenters. The SMILES string of the molecule is CCC(C)C(=O)OCCC(=O)OCC1(F)C(F)(F)C(F)(F)C(F)(F)C(F)(F)C1(F)F. The molecule has 0 heterocycles. The van der Waals surface area contributed by atoms with E-state index in [-0.39, 0.29) is 0 Å². The highest BCUT2D eigenvalue weighted by molar-refractivity contribution is 5.73. The molecule has 0 radical (unpaired) electrons. The van der Waals surface area contributed by atoms with E-state index < -0.39 is 72.8 Å². The third kappa shape index (κ3) is 3.37. The first-order valence-electron chi connectivity index (χ1n) is 8.16. The van der Waals surface area contributed by atoms with Gasteiger partial charge in [-0.3, -0.25) is 9.59 Å². The highest BCUT2D eigenvalue weighted by Crippen LogP contribution is 2.69. The summed E-state index contributed by atoms with van der Waals surface area (Å²) in [4.78, 5) is 22.6. The Morgan fingerprint density at radius 1 is 0.733 bits per heavy atom. The minimum absolute atomic E-state index is 0.310. The number of rotatable bonds is 7. The minimum atomic E-state index is -7.34. The van der Waals surface area contributed by atoms with Crippen molar-refractivity contribution in [2.45, 2.75) is 62.0 Å². The minimum Gasteiger partial charge on any atom is -0.465 e. The van der Waals surface area contributed by atoms with Crippen molar-refractivity contribution in [1.82, 2.24) is 0 Å². The smallest absolute Gasteiger partial charge is 0.384 e. The van der Waals surface area contributed by atoms with E-state index in [2.05, 4.69) is 9.47 Å². The van der Waals surface area contributed by atoms with E-state index in [1.165, 1.54) is 6.92 Å². The van der Waals surface area contributed by atoms with Crippen LogP contribution < -0.4 is 0 Å². The summed E-state index contributed by atoms with van der Waals surface area (Å²) in [5, 5.41) is 0. The molecule has 176 valence electrons. The second kappa shape index (κ2) is 7.70. The largest absolute Gasteiger partial charge is 0.465 e. The molecule has 1 fully saturated rings. The quantitative estimate of drug-likeness (QED) is 0.411. The van der Waals surface area contributed by atoms with Gasteiger partial charge in [-0.25, -0.2) is 4.39 Å². The molecule has 0 aromatic carbocycles. The van der Waals surface area contributed by atoms with E-state index in [4.69, 9.17) is 0 Å². The van der Waals surface area contributed by atoms with Crippen LogP contribution in [0.3, 0.4) is 0 Å². The van der Waals surface area contributed by atoms with Crippen LogP contribution in [-0.2, 0) is 19.1 Å². The van der Waals surface area contributed by atoms with Gasteiger partial charge in [0, 0.05) is 0 Å². The van der Waals surface area contributed by atoms with E-state index >= 15 is 0 Å². The summed E-state index contributed by atoms with van der Waals surface area (Å²) in [7, 11) is 0. The van der Waals surface area contributed by atoms with Gasteiger partial charge in [0.1, 0.15) is 13.2 Å². The standard InChI is InChI=1S/C15H15F11O4/c1-3-7(2)9(28)29-5-4-8(27)30-6-10(16)11(17,18)13(21,22)15(25,26)14(23,24)12(10,19)20/h7H,3-6H2,1-2H3. The van der Waals surface area contributed by atoms with Crippen molar-refractivity contribution >= 4 is 11.9 Å². The number of ether oxygens (including phenoxy) is 2. The van der Waals surface area contributed by atoms with Crippen molar-refractivity contribution < 1.29 is 67.4 Å². The predicted molar refractivity (Wildman–Crippen MR) is 74.6 cm³/mol. The fourth-order valence-corrected chi connectivity index (χ4v) is 2.26. The van der Waals surface area contributed by atoms with E-state index in [0.717, 1.165) is 0 Å². The highest BCUT2D eigenvalue weighted by atomic mass is 19.4. The molecule has 1 atom stereocenters. The van der Waals surface area contributed by atoms with Gasteiger partial charge in [-0.1, -0.05) is 13.8 Å². The zero-order chi connectivity index (χ0) is 24.0. The number of hydrogen-bond donors (Lipinski definition) is 0. The maximum atomic E-state index is 14.3. The molecule has 0 N–H and O–H groups in total. The van der Waals surface area contributed by atoms with Gasteiger partial charge in [0.2, 0.25) is 0 Å². The lowest BCUT2D eigenvalue weighted by Crippen LogP contribution is -2.84. The molecule has 0 aromatic rings. The third-order valence-corrected chi connectivity index (χ3v) is 4.57. The molecule has 1 aliphatic carbocycles. The van der Waals surface area contributed by atoms with Crippen molar-refractivity contribution in [3.05, 3.63) is 0 Å². The number of alkyl halides is 11. The Labute approximate surface area is 161 Å². The van der Waals surface area contributed by atoms with E-state index in [1.54, 1.807) is 6.92 Å². The molecular formula is C15H15F11O4. The third-order valence-electron chi connectivity index (χ3n) is 4.57. The Balaban J connectivity index is 3.04. The molecule has 0 saturated heterocycles. The van der Waals surface area contributed by atoms with Crippen LogP contribution in [0.4, 0.5) is 48.3 Å². The van der Waals surface area contributed by atoms with Crippen LogP contribution in [0.1, 0.15) is 26.7 Å². The van der Waals surface area contributed by atoms with Crippen molar-refractivity contribution in [3.63, 3.8) is 0 Å². The van der Waals surface area contributed by atoms with Crippen molar-refractivity contribution in [3.8, 4) is 0 Å². The summed E-state index contributed by atoms with van der Waals surface area (Å²) in [6.07, 6.45) is -0.775. The Morgan fingerprint density at radius 2 is 1.13 bits per heavy atom. The molecule has 15 heteroatoms. The Morgan fingerprint density at radius 3 is 1.53 bits per heavy atom. The molecule has 30 heavy (non-hydrogen) atoms. The molecule has 0 aromatic heterocycles. The van der Waals surface area contributed by atoms with E-state index in [9.17, 15) is 57.9 Å². The zero-order valence-corrected chi connectivity index (χ0v) is 15.2. The van der Waals surface area contributed by atoms with Gasteiger partial charge in [-0.15, -0.1) is 0 Å². The number of halogens is 11. The Kier molecular flexibility index (Phi) is 6.72. The molecule has 4 nitrogen and oxygen atoms in total. The van der Waals surface area contributed by atoms with Gasteiger partial charge in [0.05, 0.1) is 12.3 Å². The lowest BCUT2D eigenvalue weighted by molar-refractivity contribution is -0.487. The van der Waals surface area contributed by atoms with Crippen molar-refractivity contribution in [2.75, 3.05) is 13.2 Å². The number of carbonyl (C=O) groups excluding carboxylic acids is 2. The topological polar surface area (TPSA) is 52.6 Å². The van der Waals surface area contributed by atoms with Crippen LogP contribution in [0.25, 0.3) is 0 Å². The molecule has 1 aliphatic rings. The zero-order valence-electron chi connectivity index (χ0n) is 15.2. The summed E-state index contributed by atoms with van der Waals surface area (Å²) < 4.78 is 156. The van der Waals surface area contributed by atoms with Crippen LogP contribution in [-0.4, -0.2) is 60.4 Å².